The first-order chi connectivity index (χ1) is 15.5. The average molecular weight is 434 g/mol. The van der Waals surface area contributed by atoms with Gasteiger partial charge in [0, 0.05) is 0 Å². The summed E-state index contributed by atoms with van der Waals surface area (Å²) in [5.74, 6) is 0.976. The Kier molecular flexibility index (Phi) is 8.26. The van der Waals surface area contributed by atoms with Crippen LogP contribution in [0.15, 0.2) is 78.9 Å². The highest BCUT2D eigenvalue weighted by atomic mass is 16.5. The Bertz CT molecular complexity index is 1010. The minimum atomic E-state index is -0.522. The molecule has 0 saturated carbocycles. The standard InChI is InChI=1S/C26H26O6/c1-19(2)18-31-25(27)20-11-13-23(14-12-20)32-26(28)21-7-6-10-24(17-21)30-16-15-29-22-8-4-3-5-9-22/h3-14,17,19H,15-16,18H2,1-2H3. The van der Waals surface area contributed by atoms with Crippen LogP contribution in [-0.4, -0.2) is 31.8 Å². The lowest BCUT2D eigenvalue weighted by Gasteiger charge is -2.10. The number of esters is 2. The van der Waals surface area contributed by atoms with Gasteiger partial charge in [-0.2, -0.15) is 0 Å². The molecule has 0 aliphatic rings. The molecule has 0 fully saturated rings. The number of carbonyl (C=O) groups excluding carboxylic acids is 2. The summed E-state index contributed by atoms with van der Waals surface area (Å²) in [6.45, 7) is 5.00. The van der Waals surface area contributed by atoms with E-state index in [1.807, 2.05) is 44.2 Å². The molecule has 0 saturated heterocycles. The molecule has 0 aromatic heterocycles. The fraction of sp³-hybridized carbons (Fsp3) is 0.231. The normalized spacial score (nSPS) is 10.5. The molecule has 0 unspecified atom stereocenters. The molecule has 3 rings (SSSR count). The molecule has 3 aromatic rings. The SMILES string of the molecule is CC(C)COC(=O)c1ccc(OC(=O)c2cccc(OCCOc3ccccc3)c2)cc1. The Morgan fingerprint density at radius 3 is 2.03 bits per heavy atom. The zero-order valence-electron chi connectivity index (χ0n) is 18.2. The number of para-hydroxylation sites is 1. The van der Waals surface area contributed by atoms with Crippen molar-refractivity contribution in [1.82, 2.24) is 0 Å². The van der Waals surface area contributed by atoms with Gasteiger partial charge in [-0.05, 0) is 60.5 Å². The monoisotopic (exact) mass is 434 g/mol. The number of hydrogen-bond acceptors (Lipinski definition) is 6. The second-order valence-corrected chi connectivity index (χ2v) is 7.44. The van der Waals surface area contributed by atoms with Crippen molar-refractivity contribution >= 4 is 11.9 Å². The molecule has 0 bridgehead atoms. The molecular weight excluding hydrogens is 408 g/mol. The Morgan fingerprint density at radius 1 is 0.688 bits per heavy atom. The molecule has 0 amide bonds. The van der Waals surface area contributed by atoms with Gasteiger partial charge >= 0.3 is 11.9 Å². The van der Waals surface area contributed by atoms with Gasteiger partial charge in [0.2, 0.25) is 0 Å². The first-order valence-corrected chi connectivity index (χ1v) is 10.4. The molecule has 0 heterocycles. The summed E-state index contributed by atoms with van der Waals surface area (Å²) in [5.41, 5.74) is 0.755. The fourth-order valence-corrected chi connectivity index (χ4v) is 2.70. The third-order valence-electron chi connectivity index (χ3n) is 4.28. The Balaban J connectivity index is 1.50. The van der Waals surface area contributed by atoms with Gasteiger partial charge in [-0.1, -0.05) is 38.1 Å². The van der Waals surface area contributed by atoms with Crippen LogP contribution in [0, 0.1) is 5.92 Å². The third kappa shape index (κ3) is 7.16. The molecule has 0 atom stereocenters. The number of rotatable bonds is 10. The van der Waals surface area contributed by atoms with Crippen molar-refractivity contribution in [3.8, 4) is 17.2 Å². The van der Waals surface area contributed by atoms with E-state index in [9.17, 15) is 9.59 Å². The summed E-state index contributed by atoms with van der Waals surface area (Å²) in [6.07, 6.45) is 0. The number of ether oxygens (including phenoxy) is 4. The highest BCUT2D eigenvalue weighted by molar-refractivity contribution is 5.92. The van der Waals surface area contributed by atoms with Crippen LogP contribution in [0.3, 0.4) is 0 Å². The van der Waals surface area contributed by atoms with Gasteiger partial charge < -0.3 is 18.9 Å². The van der Waals surface area contributed by atoms with Crippen LogP contribution in [0.1, 0.15) is 34.6 Å². The van der Waals surface area contributed by atoms with E-state index in [0.29, 0.717) is 42.4 Å². The molecule has 3 aromatic carbocycles. The van der Waals surface area contributed by atoms with Gasteiger partial charge in [-0.3, -0.25) is 0 Å². The smallest absolute Gasteiger partial charge is 0.343 e. The van der Waals surface area contributed by atoms with Gasteiger partial charge in [-0.25, -0.2) is 9.59 Å². The van der Waals surface area contributed by atoms with E-state index >= 15 is 0 Å². The van der Waals surface area contributed by atoms with E-state index in [-0.39, 0.29) is 5.92 Å². The first kappa shape index (κ1) is 22.9. The van der Waals surface area contributed by atoms with Crippen LogP contribution in [0.5, 0.6) is 17.2 Å². The van der Waals surface area contributed by atoms with Crippen molar-refractivity contribution in [2.75, 3.05) is 19.8 Å². The van der Waals surface area contributed by atoms with E-state index in [1.54, 1.807) is 48.5 Å². The predicted molar refractivity (Wildman–Crippen MR) is 120 cm³/mol. The van der Waals surface area contributed by atoms with Crippen LogP contribution in [-0.2, 0) is 4.74 Å². The van der Waals surface area contributed by atoms with Crippen molar-refractivity contribution in [1.29, 1.82) is 0 Å². The van der Waals surface area contributed by atoms with Crippen molar-refractivity contribution in [2.24, 2.45) is 5.92 Å². The van der Waals surface area contributed by atoms with Crippen LogP contribution >= 0.6 is 0 Å². The number of hydrogen-bond donors (Lipinski definition) is 0. The lowest BCUT2D eigenvalue weighted by molar-refractivity contribution is 0.0459. The quantitative estimate of drug-likeness (QED) is 0.249. The highest BCUT2D eigenvalue weighted by Crippen LogP contribution is 2.18. The topological polar surface area (TPSA) is 71.1 Å². The van der Waals surface area contributed by atoms with Gasteiger partial charge in [0.05, 0.1) is 17.7 Å². The van der Waals surface area contributed by atoms with E-state index in [1.165, 1.54) is 0 Å². The molecule has 0 spiro atoms. The minimum absolute atomic E-state index is 0.260. The lowest BCUT2D eigenvalue weighted by atomic mass is 10.2. The van der Waals surface area contributed by atoms with Crippen molar-refractivity contribution in [2.45, 2.75) is 13.8 Å². The maximum absolute atomic E-state index is 12.5. The summed E-state index contributed by atoms with van der Waals surface area (Å²) < 4.78 is 21.8. The second kappa shape index (κ2) is 11.6. The Labute approximate surface area is 187 Å². The van der Waals surface area contributed by atoms with Gasteiger partial charge in [0.1, 0.15) is 30.5 Å². The van der Waals surface area contributed by atoms with E-state index in [4.69, 9.17) is 18.9 Å². The summed E-state index contributed by atoms with van der Waals surface area (Å²) in [5, 5.41) is 0. The molecular formula is C26H26O6. The number of carbonyl (C=O) groups is 2. The molecule has 0 aliphatic heterocycles. The second-order valence-electron chi connectivity index (χ2n) is 7.44. The van der Waals surface area contributed by atoms with Crippen molar-refractivity contribution in [3.05, 3.63) is 90.0 Å². The summed E-state index contributed by atoms with van der Waals surface area (Å²) in [4.78, 5) is 24.5. The largest absolute Gasteiger partial charge is 0.490 e. The fourth-order valence-electron chi connectivity index (χ4n) is 2.70. The Hall–Kier alpha value is -3.80. The highest BCUT2D eigenvalue weighted by Gasteiger charge is 2.12. The first-order valence-electron chi connectivity index (χ1n) is 10.4. The Morgan fingerprint density at radius 2 is 1.34 bits per heavy atom. The van der Waals surface area contributed by atoms with Crippen LogP contribution < -0.4 is 14.2 Å². The number of benzene rings is 3. The zero-order chi connectivity index (χ0) is 22.8. The maximum atomic E-state index is 12.5. The lowest BCUT2D eigenvalue weighted by Crippen LogP contribution is -2.12. The predicted octanol–water partition coefficient (Wildman–Crippen LogP) is 5.18. The molecule has 6 heteroatoms. The molecule has 6 nitrogen and oxygen atoms in total. The van der Waals surface area contributed by atoms with E-state index < -0.39 is 11.9 Å². The van der Waals surface area contributed by atoms with Crippen molar-refractivity contribution < 1.29 is 28.5 Å². The van der Waals surface area contributed by atoms with Crippen molar-refractivity contribution in [3.63, 3.8) is 0 Å². The van der Waals surface area contributed by atoms with Crippen LogP contribution in [0.4, 0.5) is 0 Å². The molecule has 0 aliphatic carbocycles. The molecule has 32 heavy (non-hydrogen) atoms. The van der Waals surface area contributed by atoms with E-state index in [0.717, 1.165) is 5.75 Å². The van der Waals surface area contributed by atoms with E-state index in [2.05, 4.69) is 0 Å². The van der Waals surface area contributed by atoms with Crippen LogP contribution in [0.25, 0.3) is 0 Å². The zero-order valence-corrected chi connectivity index (χ0v) is 18.2. The third-order valence-corrected chi connectivity index (χ3v) is 4.28. The minimum Gasteiger partial charge on any atom is -0.490 e. The van der Waals surface area contributed by atoms with Crippen LogP contribution in [0.2, 0.25) is 0 Å². The summed E-state index contributed by atoms with van der Waals surface area (Å²) in [7, 11) is 0. The van der Waals surface area contributed by atoms with Gasteiger partial charge in [0.25, 0.3) is 0 Å². The molecule has 0 radical (unpaired) electrons. The molecule has 0 N–H and O–H groups in total. The van der Waals surface area contributed by atoms with Gasteiger partial charge in [0.15, 0.2) is 0 Å². The van der Waals surface area contributed by atoms with Gasteiger partial charge in [-0.15, -0.1) is 0 Å². The molecule has 166 valence electrons. The summed E-state index contributed by atoms with van der Waals surface area (Å²) in [6, 6.07) is 22.5. The summed E-state index contributed by atoms with van der Waals surface area (Å²) >= 11 is 0. The average Bonchev–Trinajstić information content (AvgIpc) is 2.81. The maximum Gasteiger partial charge on any atom is 0.343 e.